The lowest BCUT2D eigenvalue weighted by Gasteiger charge is -2.06. The van der Waals surface area contributed by atoms with Crippen LogP contribution >= 0.6 is 0 Å². The Hall–Kier alpha value is -4.34. The first-order valence-corrected chi connectivity index (χ1v) is 9.04. The van der Waals surface area contributed by atoms with Crippen LogP contribution in [-0.4, -0.2) is 31.3 Å². The number of carbonyl (C=O) groups is 2. The summed E-state index contributed by atoms with van der Waals surface area (Å²) in [5.41, 5.74) is 5.88. The van der Waals surface area contributed by atoms with Crippen molar-refractivity contribution >= 4 is 22.9 Å². The van der Waals surface area contributed by atoms with Gasteiger partial charge in [-0.15, -0.1) is 0 Å². The zero-order chi connectivity index (χ0) is 21.1. The minimum absolute atomic E-state index is 0.0748. The minimum Gasteiger partial charge on any atom is -0.504 e. The standard InChI is InChI=1S/C20H17N5O5/c26-15-12-25(13-6-2-1-3-7-13)23-18(15)19(28)22-21-17(27)10-11-24-14-8-4-5-9-16(14)30-20(24)29/h1-9,12,26H,10-11H2,(H,21,27)(H,22,28). The topological polar surface area (TPSA) is 131 Å². The van der Waals surface area contributed by atoms with Crippen molar-refractivity contribution in [3.8, 4) is 11.4 Å². The number of aryl methyl sites for hydroxylation is 1. The zero-order valence-electron chi connectivity index (χ0n) is 15.6. The van der Waals surface area contributed by atoms with Gasteiger partial charge in [0.05, 0.1) is 17.4 Å². The van der Waals surface area contributed by atoms with E-state index in [4.69, 9.17) is 4.42 Å². The van der Waals surface area contributed by atoms with E-state index in [2.05, 4.69) is 16.0 Å². The van der Waals surface area contributed by atoms with Crippen LogP contribution in [0.4, 0.5) is 0 Å². The number of fused-ring (bicyclic) bond motifs is 1. The first kappa shape index (κ1) is 19.0. The van der Waals surface area contributed by atoms with E-state index in [-0.39, 0.29) is 24.4 Å². The van der Waals surface area contributed by atoms with Crippen LogP contribution in [0.15, 0.2) is 70.0 Å². The van der Waals surface area contributed by atoms with E-state index < -0.39 is 17.6 Å². The molecule has 0 atom stereocenters. The lowest BCUT2D eigenvalue weighted by Crippen LogP contribution is -2.42. The molecule has 0 unspecified atom stereocenters. The van der Waals surface area contributed by atoms with Gasteiger partial charge >= 0.3 is 5.76 Å². The molecule has 0 spiro atoms. The Morgan fingerprint density at radius 1 is 1.03 bits per heavy atom. The lowest BCUT2D eigenvalue weighted by molar-refractivity contribution is -0.122. The number of amides is 2. The van der Waals surface area contributed by atoms with E-state index in [9.17, 15) is 19.5 Å². The maximum atomic E-state index is 12.2. The molecular formula is C20H17N5O5. The van der Waals surface area contributed by atoms with E-state index in [1.165, 1.54) is 15.4 Å². The Morgan fingerprint density at radius 2 is 1.77 bits per heavy atom. The number of hydrazine groups is 1. The molecule has 4 rings (SSSR count). The minimum atomic E-state index is -0.776. The van der Waals surface area contributed by atoms with Crippen LogP contribution < -0.4 is 16.6 Å². The van der Waals surface area contributed by atoms with Gasteiger partial charge in [0.1, 0.15) is 0 Å². The highest BCUT2D eigenvalue weighted by Gasteiger charge is 2.18. The second kappa shape index (κ2) is 7.95. The predicted molar refractivity (Wildman–Crippen MR) is 106 cm³/mol. The van der Waals surface area contributed by atoms with Gasteiger partial charge in [-0.1, -0.05) is 30.3 Å². The number of hydrogen-bond donors (Lipinski definition) is 3. The van der Waals surface area contributed by atoms with Gasteiger partial charge in [0.2, 0.25) is 5.91 Å². The van der Waals surface area contributed by atoms with Gasteiger partial charge in [0.15, 0.2) is 17.0 Å². The summed E-state index contributed by atoms with van der Waals surface area (Å²) in [6, 6.07) is 15.8. The lowest BCUT2D eigenvalue weighted by atomic mass is 10.3. The van der Waals surface area contributed by atoms with Crippen molar-refractivity contribution in [3.63, 3.8) is 0 Å². The number of nitrogens with zero attached hydrogens (tertiary/aromatic N) is 3. The number of carbonyl (C=O) groups excluding carboxylic acids is 2. The summed E-state index contributed by atoms with van der Waals surface area (Å²) in [6.45, 7) is 0.0748. The number of nitrogens with one attached hydrogen (secondary N) is 2. The van der Waals surface area contributed by atoms with Crippen molar-refractivity contribution in [2.75, 3.05) is 0 Å². The number of oxazole rings is 1. The van der Waals surface area contributed by atoms with Crippen molar-refractivity contribution in [2.45, 2.75) is 13.0 Å². The third-order valence-corrected chi connectivity index (χ3v) is 4.38. The molecule has 0 radical (unpaired) electrons. The average Bonchev–Trinajstić information content (AvgIpc) is 3.30. The Balaban J connectivity index is 1.36. The van der Waals surface area contributed by atoms with Crippen LogP contribution in [0.2, 0.25) is 0 Å². The third kappa shape index (κ3) is 3.78. The normalized spacial score (nSPS) is 10.8. The van der Waals surface area contributed by atoms with Crippen LogP contribution in [0, 0.1) is 0 Å². The molecule has 0 saturated carbocycles. The first-order chi connectivity index (χ1) is 14.5. The number of aromatic hydroxyl groups is 1. The molecule has 4 aromatic rings. The SMILES string of the molecule is O=C(CCn1c(=O)oc2ccccc21)NNC(=O)c1nn(-c2ccccc2)cc1O. The highest BCUT2D eigenvalue weighted by atomic mass is 16.4. The average molecular weight is 407 g/mol. The van der Waals surface area contributed by atoms with Crippen molar-refractivity contribution in [2.24, 2.45) is 0 Å². The number of benzene rings is 2. The Morgan fingerprint density at radius 3 is 2.57 bits per heavy atom. The number of aromatic nitrogens is 3. The maximum Gasteiger partial charge on any atom is 0.419 e. The Labute approximate surface area is 169 Å². The highest BCUT2D eigenvalue weighted by molar-refractivity contribution is 5.95. The molecule has 3 N–H and O–H groups in total. The molecule has 0 aliphatic heterocycles. The summed E-state index contributed by atoms with van der Waals surface area (Å²) in [7, 11) is 0. The molecule has 30 heavy (non-hydrogen) atoms. The highest BCUT2D eigenvalue weighted by Crippen LogP contribution is 2.17. The van der Waals surface area contributed by atoms with Gasteiger partial charge in [0, 0.05) is 13.0 Å². The largest absolute Gasteiger partial charge is 0.504 e. The van der Waals surface area contributed by atoms with Gasteiger partial charge in [-0.05, 0) is 24.3 Å². The van der Waals surface area contributed by atoms with Gasteiger partial charge in [-0.25, -0.2) is 9.48 Å². The molecule has 2 amide bonds. The van der Waals surface area contributed by atoms with Crippen molar-refractivity contribution in [1.29, 1.82) is 0 Å². The van der Waals surface area contributed by atoms with Gasteiger partial charge in [0.25, 0.3) is 5.91 Å². The van der Waals surface area contributed by atoms with E-state index in [1.54, 1.807) is 48.5 Å². The summed E-state index contributed by atoms with van der Waals surface area (Å²) in [4.78, 5) is 36.2. The van der Waals surface area contributed by atoms with Crippen LogP contribution in [0.25, 0.3) is 16.8 Å². The molecule has 10 nitrogen and oxygen atoms in total. The molecule has 0 bridgehead atoms. The second-order valence-corrected chi connectivity index (χ2v) is 6.38. The number of para-hydroxylation sites is 3. The quantitative estimate of drug-likeness (QED) is 0.428. The number of hydrogen-bond acceptors (Lipinski definition) is 6. The first-order valence-electron chi connectivity index (χ1n) is 9.04. The van der Waals surface area contributed by atoms with Gasteiger partial charge in [-0.3, -0.25) is 25.0 Å². The van der Waals surface area contributed by atoms with Crippen molar-refractivity contribution in [3.05, 3.63) is 77.0 Å². The number of rotatable bonds is 5. The van der Waals surface area contributed by atoms with Crippen molar-refractivity contribution < 1.29 is 19.1 Å². The molecular weight excluding hydrogens is 390 g/mol. The van der Waals surface area contributed by atoms with E-state index in [0.717, 1.165) is 0 Å². The molecule has 2 aromatic heterocycles. The molecule has 0 aliphatic rings. The molecule has 2 aromatic carbocycles. The Bertz CT molecular complexity index is 1270. The van der Waals surface area contributed by atoms with Crippen LogP contribution in [0.5, 0.6) is 5.75 Å². The molecule has 2 heterocycles. The van der Waals surface area contributed by atoms with Gasteiger partial charge in [-0.2, -0.15) is 5.10 Å². The smallest absolute Gasteiger partial charge is 0.419 e. The molecule has 0 aliphatic carbocycles. The summed E-state index contributed by atoms with van der Waals surface area (Å²) in [5.74, 6) is -2.20. The van der Waals surface area contributed by atoms with E-state index in [1.807, 2.05) is 6.07 Å². The van der Waals surface area contributed by atoms with E-state index in [0.29, 0.717) is 16.8 Å². The van der Waals surface area contributed by atoms with Crippen LogP contribution in [0.1, 0.15) is 16.9 Å². The maximum absolute atomic E-state index is 12.2. The summed E-state index contributed by atoms with van der Waals surface area (Å²) in [6.07, 6.45) is 1.22. The third-order valence-electron chi connectivity index (χ3n) is 4.38. The summed E-state index contributed by atoms with van der Waals surface area (Å²) >= 11 is 0. The fraction of sp³-hybridized carbons (Fsp3) is 0.100. The zero-order valence-corrected chi connectivity index (χ0v) is 15.6. The molecule has 0 fully saturated rings. The van der Waals surface area contributed by atoms with Crippen molar-refractivity contribution in [1.82, 2.24) is 25.2 Å². The fourth-order valence-electron chi connectivity index (χ4n) is 2.93. The van der Waals surface area contributed by atoms with Gasteiger partial charge < -0.3 is 9.52 Å². The molecule has 152 valence electrons. The second-order valence-electron chi connectivity index (χ2n) is 6.38. The fourth-order valence-corrected chi connectivity index (χ4v) is 2.93. The monoisotopic (exact) mass is 407 g/mol. The van der Waals surface area contributed by atoms with E-state index >= 15 is 0 Å². The Kier molecular flexibility index (Phi) is 5.04. The summed E-state index contributed by atoms with van der Waals surface area (Å²) in [5, 5.41) is 14.0. The molecule has 0 saturated heterocycles. The van der Waals surface area contributed by atoms with Crippen LogP contribution in [0.3, 0.4) is 0 Å². The van der Waals surface area contributed by atoms with Crippen LogP contribution in [-0.2, 0) is 11.3 Å². The predicted octanol–water partition coefficient (Wildman–Crippen LogP) is 1.34. The molecule has 10 heteroatoms. The summed E-state index contributed by atoms with van der Waals surface area (Å²) < 4.78 is 7.79.